The molecule has 0 aromatic carbocycles. The average molecular weight is 1040 g/mol. The van der Waals surface area contributed by atoms with Gasteiger partial charge in [0.2, 0.25) is 0 Å². The summed E-state index contributed by atoms with van der Waals surface area (Å²) >= 11 is 0. The molecule has 0 spiro atoms. The van der Waals surface area contributed by atoms with Crippen molar-refractivity contribution in [1.29, 1.82) is 0 Å². The van der Waals surface area contributed by atoms with Crippen LogP contribution in [0.15, 0.2) is 36.5 Å². The van der Waals surface area contributed by atoms with E-state index >= 15 is 0 Å². The molecule has 5 heteroatoms. The number of aliphatic hydroxyl groups is 1. The third-order valence-electron chi connectivity index (χ3n) is 15.4. The number of carbonyl (C=O) groups excluding carboxylic acids is 2. The van der Waals surface area contributed by atoms with E-state index in [0.717, 1.165) is 44.9 Å². The Morgan fingerprint density at radius 1 is 0.311 bits per heavy atom. The van der Waals surface area contributed by atoms with Gasteiger partial charge in [0.1, 0.15) is 6.61 Å². The van der Waals surface area contributed by atoms with E-state index < -0.39 is 6.10 Å². The number of rotatable bonds is 63. The van der Waals surface area contributed by atoms with Crippen molar-refractivity contribution in [2.75, 3.05) is 13.2 Å². The van der Waals surface area contributed by atoms with Gasteiger partial charge in [0.25, 0.3) is 0 Å². The van der Waals surface area contributed by atoms with E-state index in [2.05, 4.69) is 50.3 Å². The molecular formula is C69H130O5. The second-order valence-corrected chi connectivity index (χ2v) is 22.9. The van der Waals surface area contributed by atoms with E-state index in [9.17, 15) is 14.7 Å². The number of hydrogen-bond donors (Lipinski definition) is 1. The Hall–Kier alpha value is -1.88. The zero-order chi connectivity index (χ0) is 53.4. The summed E-state index contributed by atoms with van der Waals surface area (Å²) in [4.78, 5) is 24.6. The molecule has 0 aliphatic heterocycles. The highest BCUT2D eigenvalue weighted by Gasteiger charge is 2.16. The van der Waals surface area contributed by atoms with Crippen LogP contribution >= 0.6 is 0 Å². The lowest BCUT2D eigenvalue weighted by molar-refractivity contribution is -0.161. The summed E-state index contributed by atoms with van der Waals surface area (Å²) in [5.41, 5.74) is 0. The van der Waals surface area contributed by atoms with E-state index in [1.165, 1.54) is 302 Å². The van der Waals surface area contributed by atoms with Crippen LogP contribution in [0, 0.1) is 0 Å². The first-order chi connectivity index (χ1) is 36.6. The van der Waals surface area contributed by atoms with Gasteiger partial charge in [-0.1, -0.05) is 326 Å². The lowest BCUT2D eigenvalue weighted by Gasteiger charge is -2.15. The van der Waals surface area contributed by atoms with E-state index in [0.29, 0.717) is 12.8 Å². The van der Waals surface area contributed by atoms with Gasteiger partial charge in [0.15, 0.2) is 6.10 Å². The van der Waals surface area contributed by atoms with Crippen molar-refractivity contribution in [2.45, 2.75) is 380 Å². The van der Waals surface area contributed by atoms with E-state index in [-0.39, 0.29) is 25.2 Å². The Labute approximate surface area is 463 Å². The first-order valence-corrected chi connectivity index (χ1v) is 33.5. The second kappa shape index (κ2) is 65.4. The van der Waals surface area contributed by atoms with Crippen LogP contribution in [0.1, 0.15) is 373 Å². The van der Waals surface area contributed by atoms with Gasteiger partial charge < -0.3 is 14.6 Å². The fraction of sp³-hybridized carbons (Fsp3) is 0.884. The zero-order valence-corrected chi connectivity index (χ0v) is 50.1. The van der Waals surface area contributed by atoms with Gasteiger partial charge in [0.05, 0.1) is 6.61 Å². The number of ether oxygens (including phenoxy) is 2. The number of aliphatic hydroxyl groups excluding tert-OH is 1. The van der Waals surface area contributed by atoms with Crippen molar-refractivity contribution < 1.29 is 24.2 Å². The molecule has 1 unspecified atom stereocenters. The zero-order valence-electron chi connectivity index (χ0n) is 50.1. The highest BCUT2D eigenvalue weighted by atomic mass is 16.6. The maximum absolute atomic E-state index is 12.3. The Kier molecular flexibility index (Phi) is 63.7. The highest BCUT2D eigenvalue weighted by Crippen LogP contribution is 2.18. The Balaban J connectivity index is 3.36. The first kappa shape index (κ1) is 72.1. The van der Waals surface area contributed by atoms with Crippen LogP contribution in [0.4, 0.5) is 0 Å². The molecule has 0 aromatic rings. The lowest BCUT2D eigenvalue weighted by atomic mass is 10.0. The summed E-state index contributed by atoms with van der Waals surface area (Å²) < 4.78 is 10.7. The molecule has 0 saturated heterocycles. The summed E-state index contributed by atoms with van der Waals surface area (Å²) in [6.07, 6.45) is 86.1. The van der Waals surface area contributed by atoms with Gasteiger partial charge in [0, 0.05) is 12.8 Å². The fourth-order valence-corrected chi connectivity index (χ4v) is 10.4. The van der Waals surface area contributed by atoms with Crippen molar-refractivity contribution in [1.82, 2.24) is 0 Å². The molecule has 5 nitrogen and oxygen atoms in total. The minimum absolute atomic E-state index is 0.0612. The third kappa shape index (κ3) is 62.7. The maximum Gasteiger partial charge on any atom is 0.306 e. The second-order valence-electron chi connectivity index (χ2n) is 22.9. The van der Waals surface area contributed by atoms with Crippen molar-refractivity contribution in [3.63, 3.8) is 0 Å². The molecule has 0 heterocycles. The van der Waals surface area contributed by atoms with Crippen LogP contribution in [-0.4, -0.2) is 36.4 Å². The third-order valence-corrected chi connectivity index (χ3v) is 15.4. The van der Waals surface area contributed by atoms with E-state index in [4.69, 9.17) is 9.47 Å². The minimum Gasteiger partial charge on any atom is -0.462 e. The first-order valence-electron chi connectivity index (χ1n) is 33.5. The Bertz CT molecular complexity index is 1170. The van der Waals surface area contributed by atoms with Gasteiger partial charge in [-0.2, -0.15) is 0 Å². The van der Waals surface area contributed by atoms with Crippen LogP contribution in [-0.2, 0) is 19.1 Å². The molecule has 0 aliphatic carbocycles. The van der Waals surface area contributed by atoms with Crippen molar-refractivity contribution >= 4 is 11.9 Å². The van der Waals surface area contributed by atoms with Gasteiger partial charge in [-0.05, 0) is 70.6 Å². The summed E-state index contributed by atoms with van der Waals surface area (Å²) in [6, 6.07) is 0. The maximum atomic E-state index is 12.3. The van der Waals surface area contributed by atoms with Crippen molar-refractivity contribution in [3.05, 3.63) is 36.5 Å². The number of unbranched alkanes of at least 4 members (excludes halogenated alkanes) is 49. The molecule has 1 atom stereocenters. The van der Waals surface area contributed by atoms with Gasteiger partial charge in [-0.15, -0.1) is 0 Å². The molecule has 0 aromatic heterocycles. The molecule has 0 bridgehead atoms. The number of esters is 2. The van der Waals surface area contributed by atoms with Crippen molar-refractivity contribution in [3.8, 4) is 0 Å². The van der Waals surface area contributed by atoms with E-state index in [1.54, 1.807) is 0 Å². The molecule has 1 N–H and O–H groups in total. The SMILES string of the molecule is CCCCCCC/C=C\C/C=C\CCCCCCCCCCCCCCCCCCCCCCCCCCCCCCCC(=O)OC(CO)COC(=O)CCCCCCCCCCC/C=C\CCCCCCCC. The molecule has 74 heavy (non-hydrogen) atoms. The molecule has 436 valence electrons. The molecule has 0 amide bonds. The van der Waals surface area contributed by atoms with E-state index in [1.807, 2.05) is 0 Å². The minimum atomic E-state index is -0.770. The number of hydrogen-bond acceptors (Lipinski definition) is 5. The summed E-state index contributed by atoms with van der Waals surface area (Å²) in [7, 11) is 0. The highest BCUT2D eigenvalue weighted by molar-refractivity contribution is 5.70. The van der Waals surface area contributed by atoms with Crippen molar-refractivity contribution in [2.24, 2.45) is 0 Å². The molecule has 0 rings (SSSR count). The van der Waals surface area contributed by atoms with Gasteiger partial charge >= 0.3 is 11.9 Å². The Morgan fingerprint density at radius 3 is 0.811 bits per heavy atom. The van der Waals surface area contributed by atoms with Gasteiger partial charge in [-0.25, -0.2) is 0 Å². The smallest absolute Gasteiger partial charge is 0.306 e. The van der Waals surface area contributed by atoms with Crippen LogP contribution in [0.25, 0.3) is 0 Å². The standard InChI is InChI=1S/C69H130O5/c1-3-5-7-9-11-13-15-17-19-21-23-24-25-26-27-28-29-30-31-32-33-34-35-36-37-38-39-40-41-42-43-44-46-48-50-52-54-56-58-60-62-64-69(72)74-67(65-70)66-73-68(71)63-61-59-57-55-53-51-49-47-45-22-20-18-16-14-12-10-8-6-4-2/h15,17-18,20-21,23,67,70H,3-14,16,19,22,24-66H2,1-2H3/b17-15-,20-18-,23-21-. The quantitative estimate of drug-likeness (QED) is 0.0373. The molecule has 0 aliphatic rings. The topological polar surface area (TPSA) is 72.8 Å². The molecule has 0 radical (unpaired) electrons. The van der Waals surface area contributed by atoms with Crippen LogP contribution in [0.3, 0.4) is 0 Å². The monoisotopic (exact) mass is 1040 g/mol. The van der Waals surface area contributed by atoms with Crippen LogP contribution < -0.4 is 0 Å². The molecule has 0 saturated carbocycles. The Morgan fingerprint density at radius 2 is 0.541 bits per heavy atom. The normalized spacial score (nSPS) is 12.3. The van der Waals surface area contributed by atoms with Gasteiger partial charge in [-0.3, -0.25) is 9.59 Å². The number of allylic oxidation sites excluding steroid dienone is 6. The van der Waals surface area contributed by atoms with Crippen LogP contribution in [0.5, 0.6) is 0 Å². The largest absolute Gasteiger partial charge is 0.462 e. The predicted octanol–water partition coefficient (Wildman–Crippen LogP) is 23.0. The molecule has 0 fully saturated rings. The summed E-state index contributed by atoms with van der Waals surface area (Å²) in [5, 5.41) is 9.67. The number of carbonyl (C=O) groups is 2. The predicted molar refractivity (Wildman–Crippen MR) is 325 cm³/mol. The average Bonchev–Trinajstić information content (AvgIpc) is 3.40. The molecular weight excluding hydrogens is 909 g/mol. The fourth-order valence-electron chi connectivity index (χ4n) is 10.4. The summed E-state index contributed by atoms with van der Waals surface area (Å²) in [6.45, 7) is 4.17. The summed E-state index contributed by atoms with van der Waals surface area (Å²) in [5.74, 6) is -0.572. The lowest BCUT2D eigenvalue weighted by Crippen LogP contribution is -2.28. The van der Waals surface area contributed by atoms with Crippen LogP contribution in [0.2, 0.25) is 0 Å².